The van der Waals surface area contributed by atoms with Gasteiger partial charge in [0.25, 0.3) is 11.8 Å². The van der Waals surface area contributed by atoms with Crippen molar-refractivity contribution in [3.63, 3.8) is 0 Å². The Morgan fingerprint density at radius 3 is 0.843 bits per heavy atom. The fraction of sp³-hybridized carbons (Fsp3) is 0.750. The summed E-state index contributed by atoms with van der Waals surface area (Å²) in [6.07, 6.45) is 58.5. The minimum Gasteiger partial charge on any atom is -0.307 e. The highest BCUT2D eigenvalue weighted by molar-refractivity contribution is 7.11. The molecule has 4 rings (SSSR count). The van der Waals surface area contributed by atoms with Crippen LogP contribution in [0.3, 0.4) is 0 Å². The average Bonchev–Trinajstić information content (AvgIpc) is 4.17. The molecule has 6 heteroatoms. The lowest BCUT2D eigenvalue weighted by molar-refractivity contribution is -0.125. The lowest BCUT2D eigenvalue weighted by Crippen LogP contribution is -2.29. The number of carbonyl (C=O) groups excluding carboxylic acids is 2. The Kier molecular flexibility index (Phi) is 33.6. The number of aryl methyl sites for hydroxylation is 2. The zero-order valence-electron chi connectivity index (χ0n) is 46.1. The topological polar surface area (TPSA) is 40.6 Å². The first-order valence-corrected chi connectivity index (χ1v) is 32.3. The first kappa shape index (κ1) is 60.1. The summed E-state index contributed by atoms with van der Waals surface area (Å²) in [5.74, 6) is 0.0569. The molecule has 2 aliphatic rings. The van der Waals surface area contributed by atoms with Crippen molar-refractivity contribution in [2.24, 2.45) is 0 Å². The quantitative estimate of drug-likeness (QED) is 0.0490. The van der Waals surface area contributed by atoms with E-state index in [-0.39, 0.29) is 11.8 Å². The highest BCUT2D eigenvalue weighted by atomic mass is 32.1. The smallest absolute Gasteiger partial charge is 0.259 e. The van der Waals surface area contributed by atoms with Gasteiger partial charge in [0.05, 0.1) is 32.3 Å². The van der Waals surface area contributed by atoms with Gasteiger partial charge in [0.15, 0.2) is 0 Å². The minimum atomic E-state index is 0.0284. The molecular weight excluding hydrogens is 893 g/mol. The molecule has 4 heterocycles. The third-order valence-corrected chi connectivity index (χ3v) is 17.4. The summed E-state index contributed by atoms with van der Waals surface area (Å²) in [6.45, 7) is 10.6. The van der Waals surface area contributed by atoms with E-state index in [2.05, 4.69) is 72.5 Å². The number of amides is 2. The Morgan fingerprint density at radius 1 is 0.329 bits per heavy atom. The van der Waals surface area contributed by atoms with E-state index in [1.165, 1.54) is 252 Å². The van der Waals surface area contributed by atoms with Crippen LogP contribution in [0.1, 0.15) is 305 Å². The Bertz CT molecular complexity index is 1640. The van der Waals surface area contributed by atoms with Crippen molar-refractivity contribution in [1.29, 1.82) is 0 Å². The van der Waals surface area contributed by atoms with E-state index in [4.69, 9.17) is 0 Å². The van der Waals surface area contributed by atoms with Crippen molar-refractivity contribution in [3.05, 3.63) is 67.1 Å². The zero-order valence-corrected chi connectivity index (χ0v) is 47.7. The number of rotatable bonds is 46. The monoisotopic (exact) mass is 999 g/mol. The maximum atomic E-state index is 14.9. The molecular formula is C64H106N2O2S2. The van der Waals surface area contributed by atoms with Crippen molar-refractivity contribution in [2.75, 3.05) is 13.1 Å². The van der Waals surface area contributed by atoms with Crippen LogP contribution in [0, 0.1) is 0 Å². The SMILES string of the molecule is CCCCCCCCCCCCc1ccsc1C1=C/C(=C2/C=C(c3sccc3CCCCCCCCCCCC)N(CCCCCCCCCCCC)C2=O)C(=O)N1CCCCCCCCCCCC. The summed E-state index contributed by atoms with van der Waals surface area (Å²) in [4.78, 5) is 36.5. The van der Waals surface area contributed by atoms with Crippen molar-refractivity contribution < 1.29 is 9.59 Å². The summed E-state index contributed by atoms with van der Waals surface area (Å²) in [6, 6.07) is 4.62. The molecule has 4 nitrogen and oxygen atoms in total. The molecule has 0 radical (unpaired) electrons. The molecule has 0 N–H and O–H groups in total. The average molecular weight is 1000 g/mol. The van der Waals surface area contributed by atoms with Crippen molar-refractivity contribution in [2.45, 2.75) is 297 Å². The van der Waals surface area contributed by atoms with Crippen molar-refractivity contribution >= 4 is 45.9 Å². The molecule has 0 unspecified atom stereocenters. The van der Waals surface area contributed by atoms with Gasteiger partial charge >= 0.3 is 0 Å². The highest BCUT2D eigenvalue weighted by Gasteiger charge is 2.38. The summed E-state index contributed by atoms with van der Waals surface area (Å²) in [5, 5.41) is 4.46. The van der Waals surface area contributed by atoms with Crippen LogP contribution in [0.5, 0.6) is 0 Å². The first-order valence-electron chi connectivity index (χ1n) is 30.5. The standard InChI is InChI=1S/C64H106N2O2S2/c1-5-9-13-17-21-25-29-33-37-41-45-55-47-51-69-61(55)59-53-57(63(67)65(59)49-43-39-35-31-27-23-19-15-11-7-3)58-54-60(66(64(58)68)50-44-40-36-32-28-24-20-16-12-8-4)62-56(48-52-70-62)46-42-38-34-30-26-22-18-14-10-6-2/h47-48,51-54H,5-46,49-50H2,1-4H3/b58-57+. The Morgan fingerprint density at radius 2 is 0.571 bits per heavy atom. The molecule has 70 heavy (non-hydrogen) atoms. The number of carbonyl (C=O) groups is 2. The van der Waals surface area contributed by atoms with Gasteiger partial charge in [-0.3, -0.25) is 9.59 Å². The predicted octanol–water partition coefficient (Wildman–Crippen LogP) is 20.9. The molecule has 2 aliphatic heterocycles. The largest absolute Gasteiger partial charge is 0.307 e. The second kappa shape index (κ2) is 39.1. The van der Waals surface area contributed by atoms with E-state index >= 15 is 0 Å². The van der Waals surface area contributed by atoms with E-state index in [0.29, 0.717) is 24.2 Å². The van der Waals surface area contributed by atoms with Gasteiger partial charge in [0.1, 0.15) is 0 Å². The van der Waals surface area contributed by atoms with E-state index < -0.39 is 0 Å². The number of thiophene rings is 2. The Labute approximate surface area is 440 Å². The third-order valence-electron chi connectivity index (χ3n) is 15.4. The normalized spacial score (nSPS) is 15.1. The number of unbranched alkanes of at least 4 members (excludes halogenated alkanes) is 36. The molecule has 0 aliphatic carbocycles. The lowest BCUT2D eigenvalue weighted by atomic mass is 10.0. The molecule has 0 bridgehead atoms. The molecule has 2 aromatic rings. The summed E-state index contributed by atoms with van der Waals surface area (Å²) < 4.78 is 0. The lowest BCUT2D eigenvalue weighted by Gasteiger charge is -2.21. The van der Waals surface area contributed by atoms with Gasteiger partial charge in [-0.1, -0.05) is 259 Å². The summed E-state index contributed by atoms with van der Waals surface area (Å²) in [7, 11) is 0. The predicted molar refractivity (Wildman–Crippen MR) is 310 cm³/mol. The van der Waals surface area contributed by atoms with Gasteiger partial charge in [-0.2, -0.15) is 0 Å². The molecule has 0 fully saturated rings. The van der Waals surface area contributed by atoms with Crippen LogP contribution < -0.4 is 0 Å². The highest BCUT2D eigenvalue weighted by Crippen LogP contribution is 2.42. The summed E-state index contributed by atoms with van der Waals surface area (Å²) in [5.41, 5.74) is 6.04. The molecule has 2 amide bonds. The fourth-order valence-electron chi connectivity index (χ4n) is 10.9. The molecule has 0 spiro atoms. The maximum absolute atomic E-state index is 14.9. The fourth-order valence-corrected chi connectivity index (χ4v) is 12.9. The van der Waals surface area contributed by atoms with Crippen molar-refractivity contribution in [1.82, 2.24) is 9.80 Å². The van der Waals surface area contributed by atoms with Crippen LogP contribution in [0.2, 0.25) is 0 Å². The minimum absolute atomic E-state index is 0.0284. The Balaban J connectivity index is 1.51. The second-order valence-corrected chi connectivity index (χ2v) is 23.4. The van der Waals surface area contributed by atoms with E-state index in [0.717, 1.165) is 49.9 Å². The van der Waals surface area contributed by atoms with Gasteiger partial charge in [0.2, 0.25) is 0 Å². The second-order valence-electron chi connectivity index (χ2n) is 21.6. The molecule has 0 aromatic carbocycles. The van der Waals surface area contributed by atoms with Crippen LogP contribution in [-0.4, -0.2) is 34.7 Å². The molecule has 396 valence electrons. The first-order chi connectivity index (χ1) is 34.5. The van der Waals surface area contributed by atoms with Crippen molar-refractivity contribution in [3.8, 4) is 0 Å². The third kappa shape index (κ3) is 22.8. The van der Waals surface area contributed by atoms with Crippen LogP contribution in [-0.2, 0) is 22.4 Å². The summed E-state index contributed by atoms with van der Waals surface area (Å²) >= 11 is 3.57. The Hall–Kier alpha value is -2.44. The molecule has 2 aromatic heterocycles. The van der Waals surface area contributed by atoms with Crippen LogP contribution in [0.25, 0.3) is 11.4 Å². The van der Waals surface area contributed by atoms with E-state index in [9.17, 15) is 9.59 Å². The van der Waals surface area contributed by atoms with E-state index in [1.807, 2.05) is 0 Å². The number of nitrogens with zero attached hydrogens (tertiary/aromatic N) is 2. The number of hydrogen-bond donors (Lipinski definition) is 0. The molecule has 0 saturated heterocycles. The van der Waals surface area contributed by atoms with Gasteiger partial charge < -0.3 is 9.80 Å². The van der Waals surface area contributed by atoms with Gasteiger partial charge in [0, 0.05) is 13.1 Å². The molecule has 0 atom stereocenters. The van der Waals surface area contributed by atoms with Crippen LogP contribution in [0.15, 0.2) is 46.2 Å². The zero-order chi connectivity index (χ0) is 49.7. The van der Waals surface area contributed by atoms with Gasteiger partial charge in [-0.15, -0.1) is 22.7 Å². The van der Waals surface area contributed by atoms with Gasteiger partial charge in [-0.25, -0.2) is 0 Å². The van der Waals surface area contributed by atoms with Gasteiger partial charge in [-0.05, 0) is 84.7 Å². The van der Waals surface area contributed by atoms with Crippen LogP contribution in [0.4, 0.5) is 0 Å². The number of hydrogen-bond acceptors (Lipinski definition) is 4. The maximum Gasteiger partial charge on any atom is 0.259 e. The van der Waals surface area contributed by atoms with E-state index in [1.54, 1.807) is 22.7 Å². The van der Waals surface area contributed by atoms with Crippen LogP contribution >= 0.6 is 22.7 Å². The molecule has 0 saturated carbocycles.